The van der Waals surface area contributed by atoms with Crippen LogP contribution in [-0.2, 0) is 25.2 Å². The van der Waals surface area contributed by atoms with Crippen LogP contribution in [0.15, 0.2) is 127 Å². The number of Topliss-reactive ketones (excluding diaryl/α,β-unsaturated/α-hetero) is 2. The molecule has 3 aliphatic rings. The fourth-order valence-corrected chi connectivity index (χ4v) is 9.07. The van der Waals surface area contributed by atoms with Crippen LogP contribution in [0.3, 0.4) is 0 Å². The minimum absolute atomic E-state index is 0.180. The molecule has 264 valence electrons. The van der Waals surface area contributed by atoms with Gasteiger partial charge in [0.2, 0.25) is 11.8 Å². The average molecular weight is 704 g/mol. The molecule has 2 fully saturated rings. The summed E-state index contributed by atoms with van der Waals surface area (Å²) in [7, 11) is 3.18. The van der Waals surface area contributed by atoms with Crippen LogP contribution >= 0.6 is 0 Å². The number of fused-ring (bicyclic) bond motifs is 5. The lowest BCUT2D eigenvalue weighted by Gasteiger charge is -2.39. The summed E-state index contributed by atoms with van der Waals surface area (Å²) in [6.07, 6.45) is 0. The van der Waals surface area contributed by atoms with E-state index in [1.807, 2.05) is 116 Å². The summed E-state index contributed by atoms with van der Waals surface area (Å²) in [6.45, 7) is 3.51. The summed E-state index contributed by atoms with van der Waals surface area (Å²) < 4.78 is 17.0. The van der Waals surface area contributed by atoms with E-state index in [4.69, 9.17) is 14.2 Å². The zero-order chi connectivity index (χ0) is 37.1. The summed E-state index contributed by atoms with van der Waals surface area (Å²) in [5, 5.41) is 0. The number of hydrogen-bond acceptors (Lipinski definition) is 7. The molecule has 0 radical (unpaired) electrons. The molecule has 1 heterocycles. The van der Waals surface area contributed by atoms with Crippen LogP contribution in [0.25, 0.3) is 11.1 Å². The Kier molecular flexibility index (Phi) is 8.13. The maximum atomic E-state index is 16.2. The molecule has 8 heteroatoms. The van der Waals surface area contributed by atoms with Crippen molar-refractivity contribution in [2.24, 2.45) is 11.8 Å². The Labute approximate surface area is 307 Å². The molecular formula is C45H37NO7. The van der Waals surface area contributed by atoms with E-state index in [0.29, 0.717) is 45.1 Å². The van der Waals surface area contributed by atoms with Crippen molar-refractivity contribution in [3.63, 3.8) is 0 Å². The van der Waals surface area contributed by atoms with E-state index in [0.717, 1.165) is 16.0 Å². The van der Waals surface area contributed by atoms with Crippen molar-refractivity contribution in [1.82, 2.24) is 0 Å². The van der Waals surface area contributed by atoms with Crippen molar-refractivity contribution in [3.05, 3.63) is 155 Å². The van der Waals surface area contributed by atoms with Crippen molar-refractivity contribution in [3.8, 4) is 17.2 Å². The Morgan fingerprint density at radius 2 is 1.09 bits per heavy atom. The number of carbonyl (C=O) groups is 4. The molecule has 1 saturated heterocycles. The van der Waals surface area contributed by atoms with Crippen LogP contribution in [0.1, 0.15) is 46.5 Å². The Balaban J connectivity index is 1.52. The Hall–Kier alpha value is -6.28. The van der Waals surface area contributed by atoms with E-state index < -0.39 is 34.5 Å². The van der Waals surface area contributed by atoms with Gasteiger partial charge in [-0.3, -0.25) is 19.2 Å². The van der Waals surface area contributed by atoms with Gasteiger partial charge in [0.25, 0.3) is 0 Å². The first-order valence-corrected chi connectivity index (χ1v) is 17.6. The molecule has 1 saturated carbocycles. The minimum atomic E-state index is -1.60. The molecule has 0 N–H and O–H groups in total. The number of nitrogens with zero attached hydrogens (tertiary/aromatic N) is 1. The van der Waals surface area contributed by atoms with Crippen molar-refractivity contribution >= 4 is 40.2 Å². The first-order valence-electron chi connectivity index (χ1n) is 17.6. The highest BCUT2D eigenvalue weighted by molar-refractivity contribution is 6.39. The molecule has 8 nitrogen and oxygen atoms in total. The maximum Gasteiger partial charge on any atom is 0.239 e. The molecule has 0 unspecified atom stereocenters. The lowest BCUT2D eigenvalue weighted by atomic mass is 9.59. The molecule has 4 atom stereocenters. The number of amides is 2. The van der Waals surface area contributed by atoms with Crippen LogP contribution in [0, 0.1) is 11.8 Å². The summed E-state index contributed by atoms with van der Waals surface area (Å²) in [6, 6.07) is 38.4. The van der Waals surface area contributed by atoms with Gasteiger partial charge in [-0.25, -0.2) is 4.90 Å². The summed E-state index contributed by atoms with van der Waals surface area (Å²) in [5.41, 5.74) is 1.26. The number of rotatable bonds is 10. The predicted molar refractivity (Wildman–Crippen MR) is 201 cm³/mol. The van der Waals surface area contributed by atoms with Gasteiger partial charge in [-0.1, -0.05) is 84.9 Å². The first-order chi connectivity index (χ1) is 25.7. The van der Waals surface area contributed by atoms with E-state index in [-0.39, 0.29) is 23.9 Å². The van der Waals surface area contributed by atoms with Crippen molar-refractivity contribution in [2.45, 2.75) is 24.7 Å². The zero-order valence-electron chi connectivity index (χ0n) is 29.8. The van der Waals surface area contributed by atoms with Gasteiger partial charge in [0.15, 0.2) is 11.6 Å². The molecule has 2 amide bonds. The van der Waals surface area contributed by atoms with Gasteiger partial charge in [-0.2, -0.15) is 0 Å². The monoisotopic (exact) mass is 703 g/mol. The summed E-state index contributed by atoms with van der Waals surface area (Å²) >= 11 is 0. The number of anilines is 1. The highest BCUT2D eigenvalue weighted by Gasteiger charge is 2.83. The zero-order valence-corrected chi connectivity index (χ0v) is 29.8. The lowest BCUT2D eigenvalue weighted by Crippen LogP contribution is -2.45. The van der Waals surface area contributed by atoms with E-state index >= 15 is 14.4 Å². The van der Waals surface area contributed by atoms with Crippen LogP contribution in [0.4, 0.5) is 5.69 Å². The number of methoxy groups -OCH3 is 2. The predicted octanol–water partition coefficient (Wildman–Crippen LogP) is 7.49. The topological polar surface area (TPSA) is 99.2 Å². The highest BCUT2D eigenvalue weighted by atomic mass is 16.5. The number of ether oxygens (including phenoxy) is 3. The van der Waals surface area contributed by atoms with E-state index in [1.54, 1.807) is 32.4 Å². The van der Waals surface area contributed by atoms with Crippen molar-refractivity contribution in [2.75, 3.05) is 25.7 Å². The largest absolute Gasteiger partial charge is 0.497 e. The third kappa shape index (κ3) is 4.61. The van der Waals surface area contributed by atoms with Crippen LogP contribution in [-0.4, -0.2) is 44.2 Å². The normalized spacial score (nSPS) is 23.0. The Morgan fingerprint density at radius 1 is 0.642 bits per heavy atom. The van der Waals surface area contributed by atoms with Gasteiger partial charge < -0.3 is 14.2 Å². The number of hydrogen-bond donors (Lipinski definition) is 0. The first kappa shape index (κ1) is 33.8. The second kappa shape index (κ2) is 12.7. The van der Waals surface area contributed by atoms with Crippen LogP contribution in [0.5, 0.6) is 17.2 Å². The second-order valence-corrected chi connectivity index (χ2v) is 13.5. The third-order valence-corrected chi connectivity index (χ3v) is 11.1. The van der Waals surface area contributed by atoms with Gasteiger partial charge in [0.05, 0.1) is 49.2 Å². The molecule has 2 bridgehead atoms. The van der Waals surface area contributed by atoms with Gasteiger partial charge >= 0.3 is 0 Å². The van der Waals surface area contributed by atoms with Gasteiger partial charge in [0, 0.05) is 5.56 Å². The molecule has 0 aromatic heterocycles. The smallest absolute Gasteiger partial charge is 0.239 e. The fraction of sp³-hybridized carbons (Fsp3) is 0.200. The SMILES string of the molecule is CCOc1ccc(C(C)=O)cc1N1C(=O)[C@@H]2[C@@H](C1=O)[C@@]1(c3ccccc3)C(=O)[C@@]2(c2ccccc2)C(c2ccc(OC)cc2)=C1c1ccc(OC)cc1. The maximum absolute atomic E-state index is 16.2. The van der Waals surface area contributed by atoms with Gasteiger partial charge in [-0.05, 0) is 89.7 Å². The molecule has 5 aromatic carbocycles. The van der Waals surface area contributed by atoms with Gasteiger partial charge in [-0.15, -0.1) is 0 Å². The highest BCUT2D eigenvalue weighted by Crippen LogP contribution is 2.74. The van der Waals surface area contributed by atoms with E-state index in [9.17, 15) is 4.79 Å². The summed E-state index contributed by atoms with van der Waals surface area (Å²) in [5.74, 6) is -2.25. The number of carbonyl (C=O) groups excluding carboxylic acids is 4. The number of ketones is 2. The fourth-order valence-electron chi connectivity index (χ4n) is 9.07. The van der Waals surface area contributed by atoms with Crippen LogP contribution < -0.4 is 19.1 Å². The molecule has 5 aromatic rings. The van der Waals surface area contributed by atoms with Crippen LogP contribution in [0.2, 0.25) is 0 Å². The summed E-state index contributed by atoms with van der Waals surface area (Å²) in [4.78, 5) is 61.0. The standard InChI is InChI=1S/C45H37NO7/c1-5-53-36-25-20-30(27(2)47)26-35(36)46-41(48)39-40(42(46)49)45(32-14-10-7-11-15-32)38(29-18-23-34(52-4)24-19-29)37(28-16-21-33(51-3)22-17-28)44(39,43(45)50)31-12-8-6-9-13-31/h6-26,39-40H,5H2,1-4H3/t39-,40-,44-,45-/m0/s1. The molecule has 8 rings (SSSR count). The Morgan fingerprint density at radius 3 is 1.49 bits per heavy atom. The third-order valence-electron chi connectivity index (χ3n) is 11.1. The number of benzene rings is 5. The molecular weight excluding hydrogens is 666 g/mol. The van der Waals surface area contributed by atoms with E-state index in [1.165, 1.54) is 6.92 Å². The molecule has 1 aliphatic heterocycles. The molecule has 2 aliphatic carbocycles. The minimum Gasteiger partial charge on any atom is -0.497 e. The lowest BCUT2D eigenvalue weighted by molar-refractivity contribution is -0.130. The van der Waals surface area contributed by atoms with Crippen molar-refractivity contribution in [1.29, 1.82) is 0 Å². The molecule has 53 heavy (non-hydrogen) atoms. The Bertz CT molecular complexity index is 2190. The van der Waals surface area contributed by atoms with Crippen molar-refractivity contribution < 1.29 is 33.4 Å². The van der Waals surface area contributed by atoms with Gasteiger partial charge in [0.1, 0.15) is 17.2 Å². The number of imide groups is 1. The van der Waals surface area contributed by atoms with E-state index in [2.05, 4.69) is 0 Å². The number of allylic oxidation sites excluding steroid dienone is 2. The molecule has 0 spiro atoms. The second-order valence-electron chi connectivity index (χ2n) is 13.5. The average Bonchev–Trinajstić information content (AvgIpc) is 3.71. The quantitative estimate of drug-likeness (QED) is 0.110.